The van der Waals surface area contributed by atoms with E-state index in [2.05, 4.69) is 29.8 Å². The Morgan fingerprint density at radius 3 is 2.43 bits per heavy atom. The van der Waals surface area contributed by atoms with E-state index in [0.717, 1.165) is 16.4 Å². The number of H-pyrrole nitrogens is 1. The summed E-state index contributed by atoms with van der Waals surface area (Å²) in [6, 6.07) is 6.08. The molecule has 112 valence electrons. The third-order valence-corrected chi connectivity index (χ3v) is 4.98. The minimum absolute atomic E-state index is 0.265. The van der Waals surface area contributed by atoms with Gasteiger partial charge in [-0.15, -0.1) is 0 Å². The fourth-order valence-corrected chi connectivity index (χ4v) is 3.53. The predicted octanol–water partition coefficient (Wildman–Crippen LogP) is 2.94. The SMILES string of the molecule is CCOC(=O)c1n[nH]c([Si](C)(C)C)c1-c1ccc(F)cc1. The normalized spacial score (nSPS) is 11.5. The molecule has 0 fully saturated rings. The highest BCUT2D eigenvalue weighted by atomic mass is 28.3. The molecule has 0 spiro atoms. The summed E-state index contributed by atoms with van der Waals surface area (Å²) >= 11 is 0. The van der Waals surface area contributed by atoms with Crippen LogP contribution in [0.15, 0.2) is 24.3 Å². The zero-order valence-electron chi connectivity index (χ0n) is 12.7. The van der Waals surface area contributed by atoms with E-state index in [-0.39, 0.29) is 18.1 Å². The Kier molecular flexibility index (Phi) is 4.27. The number of rotatable bonds is 4. The smallest absolute Gasteiger partial charge is 0.359 e. The zero-order valence-corrected chi connectivity index (χ0v) is 13.7. The molecule has 6 heteroatoms. The highest BCUT2D eigenvalue weighted by Gasteiger charge is 2.29. The molecule has 0 aliphatic carbocycles. The van der Waals surface area contributed by atoms with Crippen LogP contribution in [0.25, 0.3) is 11.1 Å². The lowest BCUT2D eigenvalue weighted by Gasteiger charge is -2.16. The van der Waals surface area contributed by atoms with Crippen molar-refractivity contribution in [1.82, 2.24) is 10.2 Å². The number of hydrogen-bond donors (Lipinski definition) is 1. The van der Waals surface area contributed by atoms with Crippen LogP contribution in [0.1, 0.15) is 17.4 Å². The first-order valence-corrected chi connectivity index (χ1v) is 10.4. The van der Waals surface area contributed by atoms with Gasteiger partial charge in [0.15, 0.2) is 5.69 Å². The molecule has 0 saturated heterocycles. The summed E-state index contributed by atoms with van der Waals surface area (Å²) in [5, 5.41) is 8.08. The van der Waals surface area contributed by atoms with Gasteiger partial charge < -0.3 is 4.74 Å². The second kappa shape index (κ2) is 5.81. The molecule has 0 saturated carbocycles. The first-order valence-electron chi connectivity index (χ1n) is 6.86. The maximum absolute atomic E-state index is 13.1. The van der Waals surface area contributed by atoms with E-state index in [1.807, 2.05) is 0 Å². The summed E-state index contributed by atoms with van der Waals surface area (Å²) in [5.74, 6) is -0.771. The third kappa shape index (κ3) is 3.21. The summed E-state index contributed by atoms with van der Waals surface area (Å²) in [5.41, 5.74) is 1.76. The van der Waals surface area contributed by atoms with E-state index >= 15 is 0 Å². The molecule has 0 aliphatic heterocycles. The number of carbonyl (C=O) groups is 1. The standard InChI is InChI=1S/C15H19FN2O2Si/c1-5-20-15(19)13-12(10-6-8-11(16)9-7-10)14(18-17-13)21(2,3)4/h6-9H,5H2,1-4H3,(H,17,18). The van der Waals surface area contributed by atoms with E-state index in [1.54, 1.807) is 19.1 Å². The van der Waals surface area contributed by atoms with Gasteiger partial charge in [-0.1, -0.05) is 31.8 Å². The van der Waals surface area contributed by atoms with Crippen LogP contribution in [0.5, 0.6) is 0 Å². The number of esters is 1. The van der Waals surface area contributed by atoms with Gasteiger partial charge in [-0.2, -0.15) is 5.10 Å². The Morgan fingerprint density at radius 1 is 1.29 bits per heavy atom. The van der Waals surface area contributed by atoms with Gasteiger partial charge in [0, 0.05) is 10.9 Å². The summed E-state index contributed by atoms with van der Waals surface area (Å²) in [7, 11) is -1.74. The largest absolute Gasteiger partial charge is 0.461 e. The molecule has 0 unspecified atom stereocenters. The molecule has 2 aromatic rings. The van der Waals surface area contributed by atoms with Gasteiger partial charge in [-0.3, -0.25) is 5.10 Å². The van der Waals surface area contributed by atoms with Crippen molar-refractivity contribution in [2.45, 2.75) is 26.6 Å². The molecule has 0 amide bonds. The predicted molar refractivity (Wildman–Crippen MR) is 82.9 cm³/mol. The lowest BCUT2D eigenvalue weighted by atomic mass is 10.1. The number of aromatic nitrogens is 2. The van der Waals surface area contributed by atoms with Crippen LogP contribution in [0, 0.1) is 5.82 Å². The maximum Gasteiger partial charge on any atom is 0.359 e. The first-order chi connectivity index (χ1) is 9.84. The first kappa shape index (κ1) is 15.4. The molecule has 0 radical (unpaired) electrons. The molecular weight excluding hydrogens is 287 g/mol. The summed E-state index contributed by atoms with van der Waals surface area (Å²) in [6.45, 7) is 8.51. The molecule has 4 nitrogen and oxygen atoms in total. The molecule has 1 aromatic carbocycles. The second-order valence-corrected chi connectivity index (χ2v) is 10.8. The fraction of sp³-hybridized carbons (Fsp3) is 0.333. The number of hydrogen-bond acceptors (Lipinski definition) is 3. The fourth-order valence-electron chi connectivity index (χ4n) is 2.13. The van der Waals surface area contributed by atoms with Crippen LogP contribution in [-0.2, 0) is 4.74 Å². The van der Waals surface area contributed by atoms with Crippen molar-refractivity contribution in [1.29, 1.82) is 0 Å². The van der Waals surface area contributed by atoms with E-state index in [0.29, 0.717) is 0 Å². The van der Waals surface area contributed by atoms with Gasteiger partial charge in [-0.05, 0) is 24.6 Å². The van der Waals surface area contributed by atoms with Gasteiger partial charge in [0.1, 0.15) is 13.9 Å². The van der Waals surface area contributed by atoms with E-state index in [9.17, 15) is 9.18 Å². The Morgan fingerprint density at radius 2 is 1.90 bits per heavy atom. The van der Waals surface area contributed by atoms with Crippen LogP contribution in [-0.4, -0.2) is 30.8 Å². The topological polar surface area (TPSA) is 55.0 Å². The summed E-state index contributed by atoms with van der Waals surface area (Å²) < 4.78 is 18.2. The van der Waals surface area contributed by atoms with Crippen LogP contribution >= 0.6 is 0 Å². The Bertz CT molecular complexity index is 645. The van der Waals surface area contributed by atoms with Crippen LogP contribution in [0.4, 0.5) is 4.39 Å². The zero-order chi connectivity index (χ0) is 15.6. The number of nitrogens with one attached hydrogen (secondary N) is 1. The van der Waals surface area contributed by atoms with Gasteiger partial charge >= 0.3 is 5.97 Å². The maximum atomic E-state index is 13.1. The van der Waals surface area contributed by atoms with Crippen LogP contribution in [0.3, 0.4) is 0 Å². The molecule has 1 aromatic heterocycles. The van der Waals surface area contributed by atoms with Gasteiger partial charge in [0.2, 0.25) is 0 Å². The van der Waals surface area contributed by atoms with Gasteiger partial charge in [0.05, 0.1) is 6.61 Å². The van der Waals surface area contributed by atoms with Crippen molar-refractivity contribution >= 4 is 19.4 Å². The average Bonchev–Trinajstić information content (AvgIpc) is 2.84. The van der Waals surface area contributed by atoms with Crippen LogP contribution < -0.4 is 5.32 Å². The third-order valence-electron chi connectivity index (χ3n) is 3.12. The Hall–Kier alpha value is -1.95. The molecule has 0 bridgehead atoms. The van der Waals surface area contributed by atoms with Crippen molar-refractivity contribution in [2.24, 2.45) is 0 Å². The Balaban J connectivity index is 2.61. The van der Waals surface area contributed by atoms with Crippen molar-refractivity contribution < 1.29 is 13.9 Å². The summed E-state index contributed by atoms with van der Waals surface area (Å²) in [4.78, 5) is 12.1. The number of halogens is 1. The van der Waals surface area contributed by atoms with Crippen molar-refractivity contribution in [3.05, 3.63) is 35.8 Å². The Labute approximate surface area is 124 Å². The molecule has 1 heterocycles. The van der Waals surface area contributed by atoms with Gasteiger partial charge in [-0.25, -0.2) is 9.18 Å². The molecule has 21 heavy (non-hydrogen) atoms. The minimum atomic E-state index is -1.74. The molecule has 1 N–H and O–H groups in total. The highest BCUT2D eigenvalue weighted by Crippen LogP contribution is 2.24. The minimum Gasteiger partial charge on any atom is -0.461 e. The number of nitrogens with zero attached hydrogens (tertiary/aromatic N) is 1. The van der Waals surface area contributed by atoms with Gasteiger partial charge in [0.25, 0.3) is 0 Å². The van der Waals surface area contributed by atoms with E-state index in [4.69, 9.17) is 4.74 Å². The monoisotopic (exact) mass is 306 g/mol. The van der Waals surface area contributed by atoms with Crippen molar-refractivity contribution in [3.63, 3.8) is 0 Å². The highest BCUT2D eigenvalue weighted by molar-refractivity contribution is 6.89. The van der Waals surface area contributed by atoms with E-state index in [1.165, 1.54) is 12.1 Å². The molecule has 0 atom stereocenters. The number of aromatic amines is 1. The molecular formula is C15H19FN2O2Si. The lowest BCUT2D eigenvalue weighted by Crippen LogP contribution is -2.40. The number of carbonyl (C=O) groups excluding carboxylic acids is 1. The van der Waals surface area contributed by atoms with Crippen LogP contribution in [0.2, 0.25) is 19.6 Å². The summed E-state index contributed by atoms with van der Waals surface area (Å²) in [6.07, 6.45) is 0. The second-order valence-electron chi connectivity index (χ2n) is 5.80. The van der Waals surface area contributed by atoms with E-state index < -0.39 is 14.0 Å². The number of benzene rings is 1. The quantitative estimate of drug-likeness (QED) is 0.698. The number of ether oxygens (including phenoxy) is 1. The molecule has 2 rings (SSSR count). The van der Waals surface area contributed by atoms with Crippen molar-refractivity contribution in [3.8, 4) is 11.1 Å². The van der Waals surface area contributed by atoms with Crippen molar-refractivity contribution in [2.75, 3.05) is 6.61 Å². The lowest BCUT2D eigenvalue weighted by molar-refractivity contribution is 0.0520. The average molecular weight is 306 g/mol. The molecule has 0 aliphatic rings.